The molecule has 0 radical (unpaired) electrons. The van der Waals surface area contributed by atoms with Crippen LogP contribution in [-0.4, -0.2) is 61.5 Å². The first-order chi connectivity index (χ1) is 14.3. The van der Waals surface area contributed by atoms with Gasteiger partial charge in [0.1, 0.15) is 18.1 Å². The number of esters is 1. The van der Waals surface area contributed by atoms with Gasteiger partial charge in [0.25, 0.3) is 0 Å². The molecule has 2 N–H and O–H groups in total. The zero-order valence-electron chi connectivity index (χ0n) is 16.5. The number of carboxylic acids is 1. The predicted molar refractivity (Wildman–Crippen MR) is 104 cm³/mol. The van der Waals surface area contributed by atoms with E-state index < -0.39 is 30.5 Å². The molecular weight excluding hydrogens is 399 g/mol. The Balaban J connectivity index is 0.000000248. The van der Waals surface area contributed by atoms with Crippen LogP contribution in [0.2, 0.25) is 0 Å². The van der Waals surface area contributed by atoms with Crippen LogP contribution >= 0.6 is 0 Å². The van der Waals surface area contributed by atoms with E-state index >= 15 is 0 Å². The summed E-state index contributed by atoms with van der Waals surface area (Å²) in [4.78, 5) is 22.0. The maximum absolute atomic E-state index is 13.0. The van der Waals surface area contributed by atoms with Crippen molar-refractivity contribution >= 4 is 11.9 Å². The van der Waals surface area contributed by atoms with E-state index in [2.05, 4.69) is 0 Å². The summed E-state index contributed by atoms with van der Waals surface area (Å²) < 4.78 is 32.7. The van der Waals surface area contributed by atoms with Gasteiger partial charge in [-0.3, -0.25) is 0 Å². The van der Waals surface area contributed by atoms with Gasteiger partial charge in [0.05, 0.1) is 31.5 Å². The fourth-order valence-corrected chi connectivity index (χ4v) is 2.53. The fourth-order valence-electron chi connectivity index (χ4n) is 2.53. The molecule has 1 heterocycles. The van der Waals surface area contributed by atoms with Crippen LogP contribution in [0.4, 0.5) is 4.39 Å². The zero-order chi connectivity index (χ0) is 22.1. The molecule has 1 fully saturated rings. The number of aromatic carboxylic acids is 1. The highest BCUT2D eigenvalue weighted by Crippen LogP contribution is 2.22. The Labute approximate surface area is 172 Å². The van der Waals surface area contributed by atoms with Gasteiger partial charge < -0.3 is 29.2 Å². The summed E-state index contributed by atoms with van der Waals surface area (Å²) in [5, 5.41) is 17.6. The summed E-state index contributed by atoms with van der Waals surface area (Å²) in [5.74, 6) is -0.148. The number of halogens is 1. The highest BCUT2D eigenvalue weighted by Gasteiger charge is 2.34. The molecule has 3 atom stereocenters. The third kappa shape index (κ3) is 6.71. The number of carbonyl (C=O) groups is 2. The average Bonchev–Trinajstić information content (AvgIpc) is 3.09. The molecule has 8 nitrogen and oxygen atoms in total. The lowest BCUT2D eigenvalue weighted by molar-refractivity contribution is -0.121. The van der Waals surface area contributed by atoms with Crippen molar-refractivity contribution in [2.75, 3.05) is 20.8 Å². The Hall–Kier alpha value is -3.17. The van der Waals surface area contributed by atoms with Crippen molar-refractivity contribution in [1.82, 2.24) is 0 Å². The van der Waals surface area contributed by atoms with Gasteiger partial charge in [-0.15, -0.1) is 0 Å². The van der Waals surface area contributed by atoms with Crippen LogP contribution in [0, 0.1) is 0 Å². The number of methoxy groups -OCH3 is 2. The molecule has 0 aromatic heterocycles. The molecule has 1 aliphatic heterocycles. The second-order valence-corrected chi connectivity index (χ2v) is 6.26. The first-order valence-electron chi connectivity index (χ1n) is 9.00. The van der Waals surface area contributed by atoms with Crippen LogP contribution in [0.5, 0.6) is 11.5 Å². The Morgan fingerprint density at radius 2 is 1.50 bits per heavy atom. The van der Waals surface area contributed by atoms with E-state index in [1.165, 1.54) is 26.4 Å². The van der Waals surface area contributed by atoms with Crippen LogP contribution in [0.1, 0.15) is 27.1 Å². The lowest BCUT2D eigenvalue weighted by Crippen LogP contribution is -2.19. The number of carboxylic acid groups (broad SMARTS) is 1. The Kier molecular flexibility index (Phi) is 8.57. The van der Waals surface area contributed by atoms with Gasteiger partial charge in [-0.2, -0.15) is 0 Å². The van der Waals surface area contributed by atoms with Crippen molar-refractivity contribution in [2.24, 2.45) is 0 Å². The van der Waals surface area contributed by atoms with Crippen molar-refractivity contribution in [1.29, 1.82) is 0 Å². The normalized spacial score (nSPS) is 19.9. The maximum atomic E-state index is 13.0. The predicted octanol–water partition coefficient (Wildman–Crippen LogP) is 2.69. The highest BCUT2D eigenvalue weighted by atomic mass is 19.1. The molecule has 2 aromatic carbocycles. The number of aliphatic hydroxyl groups is 1. The van der Waals surface area contributed by atoms with Gasteiger partial charge in [0.2, 0.25) is 0 Å². The Morgan fingerprint density at radius 3 is 1.90 bits per heavy atom. The topological polar surface area (TPSA) is 112 Å². The van der Waals surface area contributed by atoms with E-state index in [-0.39, 0.29) is 18.6 Å². The quantitative estimate of drug-likeness (QED) is 0.684. The molecule has 3 rings (SSSR count). The molecule has 1 aliphatic rings. The molecule has 3 unspecified atom stereocenters. The summed E-state index contributed by atoms with van der Waals surface area (Å²) >= 11 is 0. The average molecular weight is 422 g/mol. The molecule has 9 heteroatoms. The van der Waals surface area contributed by atoms with E-state index in [0.717, 1.165) is 0 Å². The van der Waals surface area contributed by atoms with Gasteiger partial charge in [-0.25, -0.2) is 14.0 Å². The molecule has 162 valence electrons. The number of alkyl halides is 1. The van der Waals surface area contributed by atoms with Crippen LogP contribution in [-0.2, 0) is 9.47 Å². The molecule has 0 aliphatic carbocycles. The number of ether oxygens (including phenoxy) is 4. The number of carbonyl (C=O) groups excluding carboxylic acids is 1. The van der Waals surface area contributed by atoms with Gasteiger partial charge in [-0.05, 0) is 48.5 Å². The van der Waals surface area contributed by atoms with Gasteiger partial charge in [0.15, 0.2) is 12.5 Å². The van der Waals surface area contributed by atoms with Crippen LogP contribution < -0.4 is 9.47 Å². The van der Waals surface area contributed by atoms with Crippen LogP contribution in [0.25, 0.3) is 0 Å². The fraction of sp³-hybridized carbons (Fsp3) is 0.333. The summed E-state index contributed by atoms with van der Waals surface area (Å²) in [6.07, 6.45) is -3.43. The smallest absolute Gasteiger partial charge is 0.338 e. The first kappa shape index (κ1) is 23.1. The maximum Gasteiger partial charge on any atom is 0.338 e. The van der Waals surface area contributed by atoms with Crippen molar-refractivity contribution < 1.29 is 43.1 Å². The van der Waals surface area contributed by atoms with Crippen LogP contribution in [0.3, 0.4) is 0 Å². The van der Waals surface area contributed by atoms with Gasteiger partial charge in [0, 0.05) is 6.42 Å². The number of aliphatic hydroxyl groups excluding tert-OH is 1. The lowest BCUT2D eigenvalue weighted by atomic mass is 10.2. The van der Waals surface area contributed by atoms with Crippen LogP contribution in [0.15, 0.2) is 48.5 Å². The molecule has 0 spiro atoms. The van der Waals surface area contributed by atoms with E-state index in [1.807, 2.05) is 0 Å². The minimum absolute atomic E-state index is 0.0249. The number of hydrogen-bond donors (Lipinski definition) is 2. The second-order valence-electron chi connectivity index (χ2n) is 6.26. The van der Waals surface area contributed by atoms with Crippen molar-refractivity contribution in [2.45, 2.75) is 25.0 Å². The van der Waals surface area contributed by atoms with E-state index in [0.29, 0.717) is 17.1 Å². The SMILES string of the molecule is COc1ccc(C(=O)O)cc1.COc1ccc(C(=O)OCC2CC(F)C(O)O2)cc1. The third-order valence-electron chi connectivity index (χ3n) is 4.19. The Morgan fingerprint density at radius 1 is 1.00 bits per heavy atom. The van der Waals surface area contributed by atoms with Gasteiger partial charge >= 0.3 is 11.9 Å². The van der Waals surface area contributed by atoms with Crippen molar-refractivity contribution in [3.8, 4) is 11.5 Å². The summed E-state index contributed by atoms with van der Waals surface area (Å²) in [6, 6.07) is 12.7. The molecular formula is C21H23FO8. The minimum atomic E-state index is -1.43. The van der Waals surface area contributed by atoms with E-state index in [1.54, 1.807) is 36.4 Å². The molecule has 0 amide bonds. The highest BCUT2D eigenvalue weighted by molar-refractivity contribution is 5.89. The first-order valence-corrected chi connectivity index (χ1v) is 9.00. The zero-order valence-corrected chi connectivity index (χ0v) is 16.5. The molecule has 0 saturated carbocycles. The summed E-state index contributed by atoms with van der Waals surface area (Å²) in [5.41, 5.74) is 0.641. The minimum Gasteiger partial charge on any atom is -0.497 e. The largest absolute Gasteiger partial charge is 0.497 e. The van der Waals surface area contributed by atoms with Crippen molar-refractivity contribution in [3.63, 3.8) is 0 Å². The van der Waals surface area contributed by atoms with E-state index in [4.69, 9.17) is 29.2 Å². The van der Waals surface area contributed by atoms with E-state index in [9.17, 15) is 14.0 Å². The third-order valence-corrected chi connectivity index (χ3v) is 4.19. The molecule has 1 saturated heterocycles. The number of hydrogen-bond acceptors (Lipinski definition) is 7. The summed E-state index contributed by atoms with van der Waals surface area (Å²) in [6.45, 7) is -0.0810. The monoisotopic (exact) mass is 422 g/mol. The van der Waals surface area contributed by atoms with Gasteiger partial charge in [-0.1, -0.05) is 0 Å². The lowest BCUT2D eigenvalue weighted by Gasteiger charge is -2.10. The summed E-state index contributed by atoms with van der Waals surface area (Å²) in [7, 11) is 3.07. The second kappa shape index (κ2) is 11.1. The molecule has 30 heavy (non-hydrogen) atoms. The standard InChI is InChI=1S/C13H15FO5.C8H8O3/c1-17-9-4-2-8(3-5-9)12(15)18-7-10-6-11(14)13(16)19-10;1-11-7-4-2-6(3-5-7)8(9)10/h2-5,10-11,13,16H,6-7H2,1H3;2-5H,1H3,(H,9,10). The number of rotatable bonds is 6. The molecule has 2 aromatic rings. The van der Waals surface area contributed by atoms with Crippen molar-refractivity contribution in [3.05, 3.63) is 59.7 Å². The Bertz CT molecular complexity index is 812. The molecule has 0 bridgehead atoms. The number of benzene rings is 2.